The molecule has 1 amide bonds. The van der Waals surface area contributed by atoms with Crippen LogP contribution in [0.5, 0.6) is 0 Å². The molecule has 0 aromatic heterocycles. The Hall–Kier alpha value is -3.12. The van der Waals surface area contributed by atoms with Crippen LogP contribution in [0.15, 0.2) is 89.8 Å². The highest BCUT2D eigenvalue weighted by Crippen LogP contribution is 2.30. The van der Waals surface area contributed by atoms with Crippen LogP contribution in [0.3, 0.4) is 0 Å². The van der Waals surface area contributed by atoms with E-state index in [1.54, 1.807) is 36.4 Å². The van der Waals surface area contributed by atoms with E-state index in [4.69, 9.17) is 0 Å². The number of hydrogen-bond donors (Lipinski definition) is 1. The number of anilines is 1. The molecule has 0 unspecified atom stereocenters. The number of nitrogens with zero attached hydrogens (tertiary/aromatic N) is 1. The summed E-state index contributed by atoms with van der Waals surface area (Å²) in [4.78, 5) is 15.0. The lowest BCUT2D eigenvalue weighted by Gasteiger charge is -2.23. The van der Waals surface area contributed by atoms with Crippen LogP contribution in [0.2, 0.25) is 0 Å². The number of carbonyl (C=O) groups is 1. The van der Waals surface area contributed by atoms with Crippen molar-refractivity contribution in [2.75, 3.05) is 4.72 Å². The van der Waals surface area contributed by atoms with Crippen molar-refractivity contribution < 1.29 is 13.2 Å². The van der Waals surface area contributed by atoms with Gasteiger partial charge in [0.15, 0.2) is 0 Å². The van der Waals surface area contributed by atoms with Crippen LogP contribution in [0.1, 0.15) is 28.8 Å². The number of rotatable bonds is 7. The summed E-state index contributed by atoms with van der Waals surface area (Å²) in [5.74, 6) is -0.0729. The molecule has 0 bridgehead atoms. The van der Waals surface area contributed by atoms with Crippen molar-refractivity contribution in [1.29, 1.82) is 0 Å². The Morgan fingerprint density at radius 2 is 1.45 bits per heavy atom. The van der Waals surface area contributed by atoms with Crippen molar-refractivity contribution in [1.82, 2.24) is 4.90 Å². The zero-order valence-electron chi connectivity index (χ0n) is 15.9. The largest absolute Gasteiger partial charge is 0.331 e. The lowest BCUT2D eigenvalue weighted by Crippen LogP contribution is -2.32. The van der Waals surface area contributed by atoms with Crippen LogP contribution >= 0.6 is 0 Å². The standard InChI is InChI=1S/C23H22N2O3S/c26-23(25(21-13-14-21)17-18-7-3-1-4-8-18)19-11-15-22(16-12-19)29(27,28)24-20-9-5-2-6-10-20/h1-12,15-16,21,24H,13-14,17H2. The molecule has 5 nitrogen and oxygen atoms in total. The third kappa shape index (κ3) is 4.66. The molecule has 1 aliphatic carbocycles. The summed E-state index contributed by atoms with van der Waals surface area (Å²) in [6.07, 6.45) is 2.01. The second-order valence-electron chi connectivity index (χ2n) is 7.15. The fourth-order valence-corrected chi connectivity index (χ4v) is 4.25. The van der Waals surface area contributed by atoms with E-state index < -0.39 is 10.0 Å². The van der Waals surface area contributed by atoms with Crippen molar-refractivity contribution in [2.45, 2.75) is 30.3 Å². The summed E-state index contributed by atoms with van der Waals surface area (Å²) >= 11 is 0. The minimum absolute atomic E-state index is 0.0729. The van der Waals surface area contributed by atoms with Gasteiger partial charge in [-0.05, 0) is 54.8 Å². The molecular formula is C23H22N2O3S. The fraction of sp³-hybridized carbons (Fsp3) is 0.174. The van der Waals surface area contributed by atoms with E-state index in [2.05, 4.69) is 4.72 Å². The van der Waals surface area contributed by atoms with E-state index >= 15 is 0 Å². The average Bonchev–Trinajstić information content (AvgIpc) is 3.58. The van der Waals surface area contributed by atoms with Gasteiger partial charge in [0.25, 0.3) is 15.9 Å². The van der Waals surface area contributed by atoms with Crippen molar-refractivity contribution in [3.8, 4) is 0 Å². The first-order valence-corrected chi connectivity index (χ1v) is 11.0. The molecule has 4 rings (SSSR count). The highest BCUT2D eigenvalue weighted by Gasteiger charge is 2.33. The van der Waals surface area contributed by atoms with Gasteiger partial charge in [-0.1, -0.05) is 48.5 Å². The third-order valence-corrected chi connectivity index (χ3v) is 6.28. The van der Waals surface area contributed by atoms with Gasteiger partial charge in [0, 0.05) is 23.8 Å². The Morgan fingerprint density at radius 3 is 2.03 bits per heavy atom. The van der Waals surface area contributed by atoms with E-state index in [9.17, 15) is 13.2 Å². The molecule has 1 saturated carbocycles. The Balaban J connectivity index is 1.51. The topological polar surface area (TPSA) is 66.5 Å². The van der Waals surface area contributed by atoms with E-state index in [1.807, 2.05) is 41.3 Å². The summed E-state index contributed by atoms with van der Waals surface area (Å²) in [6.45, 7) is 0.556. The lowest BCUT2D eigenvalue weighted by molar-refractivity contribution is 0.0730. The minimum Gasteiger partial charge on any atom is -0.331 e. The second kappa shape index (κ2) is 8.09. The van der Waals surface area contributed by atoms with Crippen LogP contribution in [0.4, 0.5) is 5.69 Å². The molecule has 3 aromatic rings. The average molecular weight is 407 g/mol. The maximum atomic E-state index is 13.0. The first kappa shape index (κ1) is 19.2. The van der Waals surface area contributed by atoms with Gasteiger partial charge in [-0.25, -0.2) is 8.42 Å². The Kier molecular flexibility index (Phi) is 5.36. The zero-order valence-corrected chi connectivity index (χ0v) is 16.7. The van der Waals surface area contributed by atoms with Gasteiger partial charge in [-0.2, -0.15) is 0 Å². The molecule has 0 saturated heterocycles. The van der Waals surface area contributed by atoms with Crippen molar-refractivity contribution in [3.63, 3.8) is 0 Å². The molecule has 6 heteroatoms. The summed E-state index contributed by atoms with van der Waals surface area (Å²) < 4.78 is 27.7. The van der Waals surface area contributed by atoms with Crippen LogP contribution in [-0.2, 0) is 16.6 Å². The van der Waals surface area contributed by atoms with Crippen molar-refractivity contribution >= 4 is 21.6 Å². The number of amides is 1. The highest BCUT2D eigenvalue weighted by molar-refractivity contribution is 7.92. The zero-order chi connectivity index (χ0) is 20.3. The smallest absolute Gasteiger partial charge is 0.261 e. The molecule has 1 aliphatic rings. The second-order valence-corrected chi connectivity index (χ2v) is 8.83. The van der Waals surface area contributed by atoms with Crippen molar-refractivity contribution in [3.05, 3.63) is 96.1 Å². The van der Waals surface area contributed by atoms with E-state index in [0.29, 0.717) is 17.8 Å². The number of nitrogens with one attached hydrogen (secondary N) is 1. The summed E-state index contributed by atoms with van der Waals surface area (Å²) in [5.41, 5.74) is 2.07. The Morgan fingerprint density at radius 1 is 0.862 bits per heavy atom. The number of carbonyl (C=O) groups excluding carboxylic acids is 1. The SMILES string of the molecule is O=C(c1ccc(S(=O)(=O)Nc2ccccc2)cc1)N(Cc1ccccc1)C1CC1. The molecule has 0 atom stereocenters. The predicted octanol–water partition coefficient (Wildman–Crippen LogP) is 4.29. The summed E-state index contributed by atoms with van der Waals surface area (Å²) in [6, 6.07) is 25.0. The molecule has 0 aliphatic heterocycles. The highest BCUT2D eigenvalue weighted by atomic mass is 32.2. The monoisotopic (exact) mass is 406 g/mol. The first-order valence-electron chi connectivity index (χ1n) is 9.56. The van der Waals surface area contributed by atoms with Crippen LogP contribution < -0.4 is 4.72 Å². The lowest BCUT2D eigenvalue weighted by atomic mass is 10.1. The van der Waals surface area contributed by atoms with Crippen molar-refractivity contribution in [2.24, 2.45) is 0 Å². The van der Waals surface area contributed by atoms with Gasteiger partial charge in [0.1, 0.15) is 0 Å². The van der Waals surface area contributed by atoms with Gasteiger partial charge >= 0.3 is 0 Å². The normalized spacial score (nSPS) is 13.7. The summed E-state index contributed by atoms with van der Waals surface area (Å²) in [5, 5.41) is 0. The maximum Gasteiger partial charge on any atom is 0.261 e. The number of hydrogen-bond acceptors (Lipinski definition) is 3. The van der Waals surface area contributed by atoms with E-state index in [-0.39, 0.29) is 16.8 Å². The fourth-order valence-electron chi connectivity index (χ4n) is 3.20. The quantitative estimate of drug-likeness (QED) is 0.636. The molecule has 0 spiro atoms. The van der Waals surface area contributed by atoms with E-state index in [1.165, 1.54) is 12.1 Å². The molecule has 1 fully saturated rings. The Labute approximate surface area is 171 Å². The van der Waals surface area contributed by atoms with Crippen LogP contribution in [0, 0.1) is 0 Å². The summed E-state index contributed by atoms with van der Waals surface area (Å²) in [7, 11) is -3.70. The molecule has 1 N–H and O–H groups in total. The third-order valence-electron chi connectivity index (χ3n) is 4.88. The number of para-hydroxylation sites is 1. The Bertz CT molecular complexity index is 1080. The molecule has 3 aromatic carbocycles. The number of sulfonamides is 1. The minimum atomic E-state index is -3.70. The molecule has 0 heterocycles. The molecule has 29 heavy (non-hydrogen) atoms. The van der Waals surface area contributed by atoms with Crippen LogP contribution in [-0.4, -0.2) is 25.3 Å². The van der Waals surface area contributed by atoms with Gasteiger partial charge in [0.05, 0.1) is 4.90 Å². The van der Waals surface area contributed by atoms with Crippen LogP contribution in [0.25, 0.3) is 0 Å². The van der Waals surface area contributed by atoms with Gasteiger partial charge in [0.2, 0.25) is 0 Å². The van der Waals surface area contributed by atoms with Gasteiger partial charge in [-0.15, -0.1) is 0 Å². The molecular weight excluding hydrogens is 384 g/mol. The van der Waals surface area contributed by atoms with E-state index in [0.717, 1.165) is 18.4 Å². The first-order chi connectivity index (χ1) is 14.0. The van der Waals surface area contributed by atoms with Gasteiger partial charge < -0.3 is 4.90 Å². The van der Waals surface area contributed by atoms with Gasteiger partial charge in [-0.3, -0.25) is 9.52 Å². The molecule has 148 valence electrons. The maximum absolute atomic E-state index is 13.0. The predicted molar refractivity (Wildman–Crippen MR) is 113 cm³/mol. The number of benzene rings is 3. The molecule has 0 radical (unpaired) electrons.